The van der Waals surface area contributed by atoms with Crippen LogP contribution in [0.3, 0.4) is 0 Å². The summed E-state index contributed by atoms with van der Waals surface area (Å²) in [5.41, 5.74) is 8.03. The molecule has 0 radical (unpaired) electrons. The van der Waals surface area contributed by atoms with Crippen molar-refractivity contribution in [1.29, 1.82) is 0 Å². The van der Waals surface area contributed by atoms with Crippen LogP contribution >= 0.6 is 0 Å². The van der Waals surface area contributed by atoms with E-state index in [-0.39, 0.29) is 13.2 Å². The Morgan fingerprint density at radius 3 is 2.53 bits per heavy atom. The van der Waals surface area contributed by atoms with Gasteiger partial charge in [-0.15, -0.1) is 0 Å². The van der Waals surface area contributed by atoms with Crippen LogP contribution in [0.2, 0.25) is 0 Å². The molecule has 1 rings (SSSR count). The number of azide groups is 1. The average Bonchev–Trinajstić information content (AvgIpc) is 2.34. The molecule has 98 valence electrons. The molecule has 1 fully saturated rings. The average molecular weight is 249 g/mol. The molecule has 1 aliphatic heterocycles. The lowest BCUT2D eigenvalue weighted by Crippen LogP contribution is -2.59. The number of aliphatic hydroxyl groups excluding tert-OH is 4. The molecule has 0 aromatic rings. The second-order valence-electron chi connectivity index (χ2n) is 3.52. The molecule has 0 amide bonds. The van der Waals surface area contributed by atoms with Gasteiger partial charge in [0, 0.05) is 11.5 Å². The molecule has 5 atom stereocenters. The molecule has 9 nitrogen and oxygen atoms in total. The highest BCUT2D eigenvalue weighted by molar-refractivity contribution is 4.88. The van der Waals surface area contributed by atoms with E-state index in [9.17, 15) is 15.3 Å². The van der Waals surface area contributed by atoms with E-state index in [0.29, 0.717) is 0 Å². The lowest BCUT2D eigenvalue weighted by atomic mass is 9.99. The minimum absolute atomic E-state index is 0.00719. The second-order valence-corrected chi connectivity index (χ2v) is 3.52. The van der Waals surface area contributed by atoms with E-state index in [4.69, 9.17) is 20.1 Å². The molecule has 0 saturated carbocycles. The van der Waals surface area contributed by atoms with Crippen molar-refractivity contribution < 1.29 is 29.9 Å². The summed E-state index contributed by atoms with van der Waals surface area (Å²) in [5.74, 6) is 0. The van der Waals surface area contributed by atoms with Crippen molar-refractivity contribution in [3.63, 3.8) is 0 Å². The van der Waals surface area contributed by atoms with Crippen molar-refractivity contribution in [2.24, 2.45) is 5.11 Å². The van der Waals surface area contributed by atoms with Crippen molar-refractivity contribution in [2.75, 3.05) is 19.8 Å². The molecule has 1 saturated heterocycles. The van der Waals surface area contributed by atoms with Crippen LogP contribution in [0.5, 0.6) is 0 Å². The molecule has 1 heterocycles. The molecule has 0 spiro atoms. The summed E-state index contributed by atoms with van der Waals surface area (Å²) < 4.78 is 10.1. The molecule has 0 bridgehead atoms. The third kappa shape index (κ3) is 3.51. The van der Waals surface area contributed by atoms with E-state index in [1.807, 2.05) is 0 Å². The fourth-order valence-corrected chi connectivity index (χ4v) is 1.46. The smallest absolute Gasteiger partial charge is 0.186 e. The predicted molar refractivity (Wildman–Crippen MR) is 53.7 cm³/mol. The highest BCUT2D eigenvalue weighted by Crippen LogP contribution is 2.21. The Kier molecular flexibility index (Phi) is 5.59. The van der Waals surface area contributed by atoms with Crippen LogP contribution in [0.15, 0.2) is 5.11 Å². The lowest BCUT2D eigenvalue weighted by Gasteiger charge is -2.39. The third-order valence-corrected chi connectivity index (χ3v) is 2.39. The third-order valence-electron chi connectivity index (χ3n) is 2.39. The topological polar surface area (TPSA) is 148 Å². The summed E-state index contributed by atoms with van der Waals surface area (Å²) in [7, 11) is 0. The fraction of sp³-hybridized carbons (Fsp3) is 1.00. The van der Waals surface area contributed by atoms with E-state index in [1.54, 1.807) is 0 Å². The first-order chi connectivity index (χ1) is 8.11. The van der Waals surface area contributed by atoms with Gasteiger partial charge in [0.25, 0.3) is 0 Å². The van der Waals surface area contributed by atoms with Crippen molar-refractivity contribution in [1.82, 2.24) is 0 Å². The van der Waals surface area contributed by atoms with Crippen molar-refractivity contribution >= 4 is 0 Å². The zero-order valence-electron chi connectivity index (χ0n) is 8.96. The summed E-state index contributed by atoms with van der Waals surface area (Å²) in [5, 5.41) is 40.5. The maximum Gasteiger partial charge on any atom is 0.186 e. The Bertz CT molecular complexity index is 282. The lowest BCUT2D eigenvalue weighted by molar-refractivity contribution is -0.300. The van der Waals surface area contributed by atoms with Gasteiger partial charge < -0.3 is 29.9 Å². The molecule has 9 heteroatoms. The fourth-order valence-electron chi connectivity index (χ4n) is 1.46. The van der Waals surface area contributed by atoms with Gasteiger partial charge in [-0.1, -0.05) is 5.11 Å². The van der Waals surface area contributed by atoms with Gasteiger partial charge in [-0.3, -0.25) is 0 Å². The van der Waals surface area contributed by atoms with Gasteiger partial charge in [0.15, 0.2) is 6.29 Å². The van der Waals surface area contributed by atoms with Crippen LogP contribution in [-0.4, -0.2) is 70.9 Å². The highest BCUT2D eigenvalue weighted by Gasteiger charge is 2.43. The maximum atomic E-state index is 9.53. The molecular formula is C8H15N3O6. The number of rotatable bonds is 5. The Morgan fingerprint density at radius 1 is 1.24 bits per heavy atom. The first kappa shape index (κ1) is 14.1. The van der Waals surface area contributed by atoms with Crippen LogP contribution in [0, 0.1) is 0 Å². The Balaban J connectivity index is 2.50. The molecule has 4 N–H and O–H groups in total. The van der Waals surface area contributed by atoms with Gasteiger partial charge in [0.2, 0.25) is 0 Å². The zero-order chi connectivity index (χ0) is 12.8. The second kappa shape index (κ2) is 6.72. The van der Waals surface area contributed by atoms with Crippen LogP contribution in [0.1, 0.15) is 0 Å². The SMILES string of the molecule is [N-]=[N+]=NCCO[C@@H]1O[C@H](CO)[C@H](O)[C@H](O)[C@H]1O. The standard InChI is InChI=1S/C8H15N3O6/c9-11-10-1-2-16-8-7(15)6(14)5(13)4(3-12)17-8/h4-8,12-15H,1-3H2/t4-,5+,6+,7-,8-/m1/s1. The van der Waals surface area contributed by atoms with Crippen LogP contribution in [-0.2, 0) is 9.47 Å². The van der Waals surface area contributed by atoms with E-state index in [2.05, 4.69) is 10.0 Å². The summed E-state index contributed by atoms with van der Waals surface area (Å²) in [6.45, 7) is -0.473. The van der Waals surface area contributed by atoms with E-state index in [0.717, 1.165) is 0 Å². The maximum absolute atomic E-state index is 9.53. The van der Waals surface area contributed by atoms with E-state index >= 15 is 0 Å². The van der Waals surface area contributed by atoms with Gasteiger partial charge in [-0.2, -0.15) is 0 Å². The molecule has 0 unspecified atom stereocenters. The quantitative estimate of drug-likeness (QED) is 0.194. The number of hydrogen-bond acceptors (Lipinski definition) is 7. The monoisotopic (exact) mass is 249 g/mol. The molecule has 17 heavy (non-hydrogen) atoms. The van der Waals surface area contributed by atoms with Crippen LogP contribution < -0.4 is 0 Å². The Hall–Kier alpha value is -0.930. The normalized spacial score (nSPS) is 37.5. The Morgan fingerprint density at radius 2 is 1.94 bits per heavy atom. The molecule has 0 aromatic carbocycles. The van der Waals surface area contributed by atoms with Gasteiger partial charge in [-0.25, -0.2) is 0 Å². The molecule has 0 aromatic heterocycles. The van der Waals surface area contributed by atoms with E-state index < -0.39 is 37.3 Å². The Labute approximate surface area is 96.8 Å². The minimum Gasteiger partial charge on any atom is -0.394 e. The zero-order valence-corrected chi connectivity index (χ0v) is 8.96. The van der Waals surface area contributed by atoms with E-state index in [1.165, 1.54) is 0 Å². The number of aliphatic hydroxyl groups is 4. The summed E-state index contributed by atoms with van der Waals surface area (Å²) in [6, 6.07) is 0. The predicted octanol–water partition coefficient (Wildman–Crippen LogP) is -1.89. The minimum atomic E-state index is -1.47. The highest BCUT2D eigenvalue weighted by atomic mass is 16.7. The van der Waals surface area contributed by atoms with Crippen molar-refractivity contribution in [2.45, 2.75) is 30.7 Å². The molecular weight excluding hydrogens is 234 g/mol. The summed E-state index contributed by atoms with van der Waals surface area (Å²) in [6.07, 6.45) is -6.49. The molecule has 1 aliphatic rings. The van der Waals surface area contributed by atoms with Gasteiger partial charge in [0.05, 0.1) is 13.2 Å². The van der Waals surface area contributed by atoms with Gasteiger partial charge in [-0.05, 0) is 5.53 Å². The number of nitrogens with zero attached hydrogens (tertiary/aromatic N) is 3. The molecule has 0 aliphatic carbocycles. The number of hydrogen-bond donors (Lipinski definition) is 4. The first-order valence-corrected chi connectivity index (χ1v) is 5.04. The largest absolute Gasteiger partial charge is 0.394 e. The van der Waals surface area contributed by atoms with Crippen molar-refractivity contribution in [3.05, 3.63) is 10.4 Å². The first-order valence-electron chi connectivity index (χ1n) is 5.04. The number of ether oxygens (including phenoxy) is 2. The summed E-state index contributed by atoms with van der Waals surface area (Å²) >= 11 is 0. The summed E-state index contributed by atoms with van der Waals surface area (Å²) in [4.78, 5) is 2.51. The van der Waals surface area contributed by atoms with Gasteiger partial charge >= 0.3 is 0 Å². The van der Waals surface area contributed by atoms with Gasteiger partial charge in [0.1, 0.15) is 24.4 Å². The van der Waals surface area contributed by atoms with Crippen LogP contribution in [0.4, 0.5) is 0 Å². The van der Waals surface area contributed by atoms with Crippen LogP contribution in [0.25, 0.3) is 10.4 Å². The van der Waals surface area contributed by atoms with Crippen molar-refractivity contribution in [3.8, 4) is 0 Å².